The maximum Gasteiger partial charge on any atom is 0.414 e. The van der Waals surface area contributed by atoms with Crippen molar-refractivity contribution < 1.29 is 23.5 Å². The summed E-state index contributed by atoms with van der Waals surface area (Å²) in [6.07, 6.45) is 0.904. The van der Waals surface area contributed by atoms with Gasteiger partial charge in [-0.05, 0) is 31.0 Å². The number of nitrogens with one attached hydrogen (secondary N) is 1. The van der Waals surface area contributed by atoms with E-state index in [9.17, 15) is 14.0 Å². The molecule has 2 saturated heterocycles. The van der Waals surface area contributed by atoms with Crippen molar-refractivity contribution in [2.45, 2.75) is 25.9 Å². The smallest absolute Gasteiger partial charge is 0.414 e. The zero-order chi connectivity index (χ0) is 22.4. The topological polar surface area (TPSA) is 74.4 Å². The second-order valence-corrected chi connectivity index (χ2v) is 8.10. The Balaban J connectivity index is 1.58. The number of piperazine rings is 1. The highest BCUT2D eigenvalue weighted by Crippen LogP contribution is 2.28. The lowest BCUT2D eigenvalue weighted by molar-refractivity contribution is -0.135. The van der Waals surface area contributed by atoms with E-state index in [1.165, 1.54) is 18.1 Å². The Morgan fingerprint density at radius 1 is 1.32 bits per heavy atom. The van der Waals surface area contributed by atoms with E-state index in [0.717, 1.165) is 17.8 Å². The highest BCUT2D eigenvalue weighted by molar-refractivity contribution is 7.80. The molecule has 8 nitrogen and oxygen atoms in total. The Bertz CT molecular complexity index is 817. The fraction of sp³-hybridized carbons (Fsp3) is 0.571. The first kappa shape index (κ1) is 23.2. The van der Waals surface area contributed by atoms with Gasteiger partial charge in [0, 0.05) is 33.3 Å². The van der Waals surface area contributed by atoms with Crippen LogP contribution in [-0.2, 0) is 14.3 Å². The Morgan fingerprint density at radius 2 is 2.06 bits per heavy atom. The number of ether oxygens (including phenoxy) is 2. The number of hydrogen-bond acceptors (Lipinski definition) is 6. The average molecular weight is 453 g/mol. The number of cyclic esters (lactones) is 1. The molecule has 1 aromatic carbocycles. The number of carbonyl (C=O) groups is 2. The summed E-state index contributed by atoms with van der Waals surface area (Å²) in [4.78, 5) is 30.0. The number of carbonyl (C=O) groups excluding carboxylic acids is 2. The summed E-state index contributed by atoms with van der Waals surface area (Å²) in [5.74, 6) is -0.474. The number of halogens is 1. The molecule has 10 heteroatoms. The molecule has 1 aromatic rings. The molecule has 0 bridgehead atoms. The monoisotopic (exact) mass is 452 g/mol. The van der Waals surface area contributed by atoms with Crippen LogP contribution in [-0.4, -0.2) is 81.0 Å². The van der Waals surface area contributed by atoms with Gasteiger partial charge in [-0.1, -0.05) is 19.1 Å². The summed E-state index contributed by atoms with van der Waals surface area (Å²) in [7, 11) is 1.49. The van der Waals surface area contributed by atoms with E-state index in [1.54, 1.807) is 17.0 Å². The number of amides is 2. The molecule has 2 aliphatic heterocycles. The second kappa shape index (κ2) is 10.7. The molecule has 2 amide bonds. The van der Waals surface area contributed by atoms with Gasteiger partial charge in [-0.3, -0.25) is 9.69 Å². The zero-order valence-electron chi connectivity index (χ0n) is 17.9. The molecule has 170 valence electrons. The third-order valence-corrected chi connectivity index (χ3v) is 5.71. The van der Waals surface area contributed by atoms with Crippen LogP contribution in [0.2, 0.25) is 0 Å². The first-order chi connectivity index (χ1) is 14.9. The Hall–Kier alpha value is -2.46. The quantitative estimate of drug-likeness (QED) is 0.606. The average Bonchev–Trinajstić information content (AvgIpc) is 3.13. The van der Waals surface area contributed by atoms with Crippen LogP contribution in [0.3, 0.4) is 0 Å². The largest absolute Gasteiger partial charge is 0.442 e. The molecule has 0 spiro atoms. The molecular weight excluding hydrogens is 423 g/mol. The summed E-state index contributed by atoms with van der Waals surface area (Å²) < 4.78 is 25.1. The third kappa shape index (κ3) is 5.82. The van der Waals surface area contributed by atoms with Crippen molar-refractivity contribution in [3.05, 3.63) is 24.0 Å². The number of anilines is 2. The van der Waals surface area contributed by atoms with E-state index in [1.807, 2.05) is 11.8 Å². The minimum absolute atomic E-state index is 0.0515. The van der Waals surface area contributed by atoms with Gasteiger partial charge in [0.25, 0.3) is 0 Å². The minimum Gasteiger partial charge on any atom is -0.442 e. The van der Waals surface area contributed by atoms with Crippen molar-refractivity contribution in [1.29, 1.82) is 0 Å². The van der Waals surface area contributed by atoms with Gasteiger partial charge in [0.1, 0.15) is 18.5 Å². The zero-order valence-corrected chi connectivity index (χ0v) is 18.8. The van der Waals surface area contributed by atoms with E-state index in [4.69, 9.17) is 21.7 Å². The lowest BCUT2D eigenvalue weighted by Crippen LogP contribution is -2.50. The number of nitrogens with zero attached hydrogens (tertiary/aromatic N) is 3. The van der Waals surface area contributed by atoms with Gasteiger partial charge in [-0.2, -0.15) is 0 Å². The first-order valence-electron chi connectivity index (χ1n) is 10.5. The molecule has 1 atom stereocenters. The lowest BCUT2D eigenvalue weighted by Gasteiger charge is -2.36. The molecule has 2 heterocycles. The fourth-order valence-corrected chi connectivity index (χ4v) is 4.00. The van der Waals surface area contributed by atoms with Gasteiger partial charge in [0.15, 0.2) is 0 Å². The SMILES string of the molecule is CCCC(=S)NC[C@H]1CN(c2ccc(N3CCN(C(=O)COC)CC3)c(F)c2)C(=O)O1. The molecule has 31 heavy (non-hydrogen) atoms. The van der Waals surface area contributed by atoms with Crippen LogP contribution in [0.4, 0.5) is 20.6 Å². The molecular formula is C21H29FN4O4S. The minimum atomic E-state index is -0.495. The van der Waals surface area contributed by atoms with Crippen LogP contribution >= 0.6 is 12.2 Å². The molecule has 2 aliphatic rings. The summed E-state index contributed by atoms with van der Waals surface area (Å²) in [5.41, 5.74) is 0.914. The van der Waals surface area contributed by atoms with Crippen LogP contribution in [0.15, 0.2) is 18.2 Å². The van der Waals surface area contributed by atoms with Crippen molar-refractivity contribution in [1.82, 2.24) is 10.2 Å². The van der Waals surface area contributed by atoms with E-state index >= 15 is 0 Å². The van der Waals surface area contributed by atoms with E-state index < -0.39 is 11.9 Å². The molecule has 0 saturated carbocycles. The van der Waals surface area contributed by atoms with Gasteiger partial charge < -0.3 is 24.6 Å². The summed E-state index contributed by atoms with van der Waals surface area (Å²) in [5, 5.41) is 3.11. The van der Waals surface area contributed by atoms with E-state index in [2.05, 4.69) is 5.32 Å². The van der Waals surface area contributed by atoms with Crippen LogP contribution in [0.25, 0.3) is 0 Å². The molecule has 0 radical (unpaired) electrons. The van der Waals surface area contributed by atoms with Gasteiger partial charge in [0.2, 0.25) is 5.91 Å². The number of hydrogen-bond donors (Lipinski definition) is 1. The van der Waals surface area contributed by atoms with Crippen molar-refractivity contribution in [3.63, 3.8) is 0 Å². The van der Waals surface area contributed by atoms with Crippen LogP contribution in [0, 0.1) is 5.82 Å². The van der Waals surface area contributed by atoms with Crippen molar-refractivity contribution in [2.24, 2.45) is 0 Å². The fourth-order valence-electron chi connectivity index (χ4n) is 3.71. The Kier molecular flexibility index (Phi) is 8.03. The number of methoxy groups -OCH3 is 1. The molecule has 0 aliphatic carbocycles. The van der Waals surface area contributed by atoms with Crippen LogP contribution in [0.1, 0.15) is 19.8 Å². The normalized spacial score (nSPS) is 18.9. The predicted molar refractivity (Wildman–Crippen MR) is 120 cm³/mol. The summed E-state index contributed by atoms with van der Waals surface area (Å²) >= 11 is 5.22. The van der Waals surface area contributed by atoms with Crippen LogP contribution < -0.4 is 15.1 Å². The second-order valence-electron chi connectivity index (χ2n) is 7.61. The standard InChI is InChI=1S/C21H29FN4O4S/c1-3-4-19(31)23-12-16-13-26(21(28)30-16)15-5-6-18(17(22)11-15)24-7-9-25(10-8-24)20(27)14-29-2/h5-6,11,16H,3-4,7-10,12-14H2,1-2H3,(H,23,31)/t16-/m0/s1. The van der Waals surface area contributed by atoms with Gasteiger partial charge >= 0.3 is 6.09 Å². The van der Waals surface area contributed by atoms with E-state index in [0.29, 0.717) is 50.6 Å². The molecule has 2 fully saturated rings. The van der Waals surface area contributed by atoms with Gasteiger partial charge in [-0.25, -0.2) is 9.18 Å². The Morgan fingerprint density at radius 3 is 2.71 bits per heavy atom. The number of benzene rings is 1. The molecule has 0 unspecified atom stereocenters. The third-order valence-electron chi connectivity index (χ3n) is 5.36. The van der Waals surface area contributed by atoms with Crippen LogP contribution in [0.5, 0.6) is 0 Å². The molecule has 1 N–H and O–H groups in total. The Labute approximate surface area is 187 Å². The summed E-state index contributed by atoms with van der Waals surface area (Å²) in [6, 6.07) is 4.75. The van der Waals surface area contributed by atoms with E-state index in [-0.39, 0.29) is 18.6 Å². The number of thiocarbonyl (C=S) groups is 1. The molecule has 3 rings (SSSR count). The predicted octanol–water partition coefficient (Wildman–Crippen LogP) is 2.16. The van der Waals surface area contributed by atoms with Crippen molar-refractivity contribution in [2.75, 3.05) is 62.8 Å². The van der Waals surface area contributed by atoms with Gasteiger partial charge in [-0.15, -0.1) is 0 Å². The highest BCUT2D eigenvalue weighted by atomic mass is 32.1. The molecule has 0 aromatic heterocycles. The maximum atomic E-state index is 14.9. The summed E-state index contributed by atoms with van der Waals surface area (Å²) in [6.45, 7) is 4.95. The maximum absolute atomic E-state index is 14.9. The lowest BCUT2D eigenvalue weighted by atomic mass is 10.2. The first-order valence-corrected chi connectivity index (χ1v) is 10.9. The van der Waals surface area contributed by atoms with Crippen molar-refractivity contribution >= 4 is 40.6 Å². The highest BCUT2D eigenvalue weighted by Gasteiger charge is 2.33. The van der Waals surface area contributed by atoms with Crippen molar-refractivity contribution in [3.8, 4) is 0 Å². The number of rotatable bonds is 8. The van der Waals surface area contributed by atoms with Gasteiger partial charge in [0.05, 0.1) is 29.5 Å².